The second kappa shape index (κ2) is 17.7. The first-order chi connectivity index (χ1) is 32.6. The number of piperidine rings is 3. The lowest BCUT2D eigenvalue weighted by atomic mass is 9.87. The van der Waals surface area contributed by atoms with E-state index in [1.165, 1.54) is 34.7 Å². The standard InChI is InChI=1S/C47H50F2N10O8S/c1-55-39-20-28(2-4-32(39)42(54-55)33-6-9-40(60)53-45(33)62)27-10-15-56(16-11-27)24-41(61)57-18-13-47(14-19-57)22-29(25-66-47)58-26-52-38-8-3-30(21-34(38)46(58)63)67-44-35(23-50)31(5-7-37(44)49)43-36(48)12-17-59(43)68(51,64)65/h2-5,7-8,20-21,26-27,29,33,36,43H,6,9-19,22,24-25H2,1H3,(H2,51,64,65)(H,53,60,62)/t29-,33?,36?,43?/m1/s1. The van der Waals surface area contributed by atoms with Crippen molar-refractivity contribution >= 4 is 49.7 Å². The minimum Gasteiger partial charge on any atom is -0.453 e. The van der Waals surface area contributed by atoms with E-state index in [0.29, 0.717) is 68.9 Å². The fraction of sp³-hybridized carbons (Fsp3) is 0.468. The van der Waals surface area contributed by atoms with E-state index in [2.05, 4.69) is 32.4 Å². The molecule has 18 nitrogen and oxygen atoms in total. The Kier molecular flexibility index (Phi) is 11.9. The smallest absolute Gasteiger partial charge is 0.277 e. The van der Waals surface area contributed by atoms with Crippen LogP contribution in [0.15, 0.2) is 59.7 Å². The molecule has 0 radical (unpaired) electrons. The average molecular weight is 953 g/mol. The molecule has 7 heterocycles. The first kappa shape index (κ1) is 45.6. The molecule has 3 unspecified atom stereocenters. The number of nitriles is 1. The molecule has 3 N–H and O–H groups in total. The van der Waals surface area contributed by atoms with Crippen molar-refractivity contribution in [1.82, 2.24) is 38.8 Å². The topological polar surface area (TPSA) is 228 Å². The van der Waals surface area contributed by atoms with Crippen LogP contribution in [0.5, 0.6) is 11.5 Å². The molecule has 5 aromatic rings. The van der Waals surface area contributed by atoms with Gasteiger partial charge in [-0.25, -0.2) is 18.9 Å². The van der Waals surface area contributed by atoms with Gasteiger partial charge in [-0.15, -0.1) is 0 Å². The van der Waals surface area contributed by atoms with Crippen LogP contribution >= 0.6 is 0 Å². The number of benzene rings is 3. The summed E-state index contributed by atoms with van der Waals surface area (Å²) in [6, 6.07) is 12.8. The normalized spacial score (nSPS) is 24.0. The second-order valence-corrected chi connectivity index (χ2v) is 20.2. The molecule has 5 aliphatic heterocycles. The molecule has 0 bridgehead atoms. The van der Waals surface area contributed by atoms with Crippen LogP contribution in [0, 0.1) is 17.1 Å². The molecule has 21 heteroatoms. The number of halogens is 2. The number of nitrogens with two attached hydrogens (primary N) is 1. The van der Waals surface area contributed by atoms with Crippen LogP contribution in [0.2, 0.25) is 0 Å². The minimum absolute atomic E-state index is 0.000116. The Bertz CT molecular complexity index is 3090. The number of hydrogen-bond donors (Lipinski definition) is 2. The summed E-state index contributed by atoms with van der Waals surface area (Å²) in [5.74, 6) is -2.13. The largest absolute Gasteiger partial charge is 0.453 e. The molecule has 356 valence electrons. The summed E-state index contributed by atoms with van der Waals surface area (Å²) in [4.78, 5) is 60.6. The van der Waals surface area contributed by atoms with Gasteiger partial charge < -0.3 is 14.4 Å². The van der Waals surface area contributed by atoms with Gasteiger partial charge in [0.15, 0.2) is 11.6 Å². The number of carbonyl (C=O) groups excluding carboxylic acids is 3. The van der Waals surface area contributed by atoms with Crippen LogP contribution in [-0.4, -0.2) is 117 Å². The molecule has 3 aromatic carbocycles. The molecule has 2 aromatic heterocycles. The monoisotopic (exact) mass is 952 g/mol. The predicted molar refractivity (Wildman–Crippen MR) is 242 cm³/mol. The third-order valence-electron chi connectivity index (χ3n) is 14.7. The second-order valence-electron chi connectivity index (χ2n) is 18.7. The maximum Gasteiger partial charge on any atom is 0.277 e. The van der Waals surface area contributed by atoms with E-state index in [1.807, 2.05) is 24.1 Å². The summed E-state index contributed by atoms with van der Waals surface area (Å²) in [7, 11) is -2.48. The number of likely N-dealkylation sites (tertiary alicyclic amines) is 2. The van der Waals surface area contributed by atoms with Crippen molar-refractivity contribution in [2.45, 2.75) is 87.1 Å². The first-order valence-electron chi connectivity index (χ1n) is 22.9. The summed E-state index contributed by atoms with van der Waals surface area (Å²) in [6.45, 7) is 2.98. The lowest BCUT2D eigenvalue weighted by molar-refractivity contribution is -0.137. The van der Waals surface area contributed by atoms with E-state index in [1.54, 1.807) is 4.68 Å². The summed E-state index contributed by atoms with van der Waals surface area (Å²) in [6.07, 6.45) is 3.89. The Morgan fingerprint density at radius 1 is 1.01 bits per heavy atom. The van der Waals surface area contributed by atoms with Crippen LogP contribution in [-0.2, 0) is 36.4 Å². The van der Waals surface area contributed by atoms with Crippen molar-refractivity contribution < 1.29 is 41.1 Å². The van der Waals surface area contributed by atoms with Crippen LogP contribution in [0.3, 0.4) is 0 Å². The Labute approximate surface area is 389 Å². The molecule has 4 atom stereocenters. The Balaban J connectivity index is 0.751. The summed E-state index contributed by atoms with van der Waals surface area (Å²) >= 11 is 0. The molecule has 5 fully saturated rings. The molecule has 5 saturated heterocycles. The van der Waals surface area contributed by atoms with E-state index >= 15 is 8.78 Å². The number of fused-ring (bicyclic) bond motifs is 2. The van der Waals surface area contributed by atoms with Crippen LogP contribution in [0.4, 0.5) is 8.78 Å². The lowest BCUT2D eigenvalue weighted by Gasteiger charge is -2.40. The summed E-state index contributed by atoms with van der Waals surface area (Å²) < 4.78 is 71.3. The molecule has 3 amide bonds. The maximum absolute atomic E-state index is 15.3. The fourth-order valence-corrected chi connectivity index (χ4v) is 11.9. The highest BCUT2D eigenvalue weighted by molar-refractivity contribution is 7.86. The number of nitrogens with one attached hydrogen (secondary N) is 1. The van der Waals surface area contributed by atoms with Gasteiger partial charge in [0, 0.05) is 38.5 Å². The number of nitrogens with zero attached hydrogens (tertiary/aromatic N) is 8. The highest BCUT2D eigenvalue weighted by Crippen LogP contribution is 2.43. The number of imide groups is 1. The van der Waals surface area contributed by atoms with Gasteiger partial charge in [0.25, 0.3) is 15.8 Å². The number of hydrogen-bond acceptors (Lipinski definition) is 12. The molecular weight excluding hydrogens is 903 g/mol. The molecule has 1 spiro atoms. The van der Waals surface area contributed by atoms with Gasteiger partial charge in [0.1, 0.15) is 23.6 Å². The van der Waals surface area contributed by atoms with E-state index in [9.17, 15) is 32.9 Å². The van der Waals surface area contributed by atoms with Gasteiger partial charge in [-0.3, -0.25) is 38.6 Å². The molecule has 10 rings (SSSR count). The van der Waals surface area contributed by atoms with Gasteiger partial charge in [-0.05, 0) is 105 Å². The summed E-state index contributed by atoms with van der Waals surface area (Å²) in [5, 5.41) is 23.6. The number of alkyl halides is 1. The lowest BCUT2D eigenvalue weighted by Crippen LogP contribution is -2.50. The molecule has 0 aliphatic carbocycles. The zero-order valence-corrected chi connectivity index (χ0v) is 38.1. The fourth-order valence-electron chi connectivity index (χ4n) is 10.9. The van der Waals surface area contributed by atoms with Crippen molar-refractivity contribution in [3.8, 4) is 17.6 Å². The number of carbonyl (C=O) groups is 3. The van der Waals surface area contributed by atoms with Gasteiger partial charge >= 0.3 is 0 Å². The Morgan fingerprint density at radius 2 is 1.79 bits per heavy atom. The van der Waals surface area contributed by atoms with Crippen molar-refractivity contribution in [3.63, 3.8) is 0 Å². The van der Waals surface area contributed by atoms with E-state index in [4.69, 9.17) is 14.6 Å². The van der Waals surface area contributed by atoms with Crippen molar-refractivity contribution in [2.75, 3.05) is 45.9 Å². The number of ether oxygens (including phenoxy) is 2. The van der Waals surface area contributed by atoms with Gasteiger partial charge in [-0.1, -0.05) is 18.2 Å². The predicted octanol–water partition coefficient (Wildman–Crippen LogP) is 4.10. The van der Waals surface area contributed by atoms with E-state index in [0.717, 1.165) is 53.3 Å². The van der Waals surface area contributed by atoms with Crippen molar-refractivity contribution in [3.05, 3.63) is 93.4 Å². The highest BCUT2D eigenvalue weighted by atomic mass is 32.2. The number of aryl methyl sites for hydroxylation is 1. The zero-order valence-electron chi connectivity index (χ0n) is 37.3. The number of rotatable bonds is 9. The third-order valence-corrected chi connectivity index (χ3v) is 15.7. The van der Waals surface area contributed by atoms with E-state index < -0.39 is 51.1 Å². The molecule has 68 heavy (non-hydrogen) atoms. The average Bonchev–Trinajstić information content (AvgIpc) is 4.02. The molecule has 5 aliphatic rings. The van der Waals surface area contributed by atoms with Crippen molar-refractivity contribution in [2.24, 2.45) is 12.2 Å². The molecular formula is C47H50F2N10O8S. The van der Waals surface area contributed by atoms with Gasteiger partial charge in [0.05, 0.1) is 65.2 Å². The quantitative estimate of drug-likeness (QED) is 0.199. The van der Waals surface area contributed by atoms with Gasteiger partial charge in [-0.2, -0.15) is 23.1 Å². The Hall–Kier alpha value is -6.18. The SMILES string of the molecule is Cn1nc(C2CCC(=O)NC2=O)c2ccc(C3CCN(CC(=O)N4CCC5(CC4)C[C@@H](n4cnc6ccc(Oc7c(F)ccc(C8C(F)CCN8S(N)(=O)=O)c7C#N)cc6c4=O)CO5)CC3)cc21. The zero-order chi connectivity index (χ0) is 47.6. The minimum atomic E-state index is -4.35. The van der Waals surface area contributed by atoms with E-state index in [-0.39, 0.29) is 65.6 Å². The van der Waals surface area contributed by atoms with Crippen LogP contribution in [0.25, 0.3) is 21.8 Å². The van der Waals surface area contributed by atoms with Crippen LogP contribution in [0.1, 0.15) is 97.7 Å². The third kappa shape index (κ3) is 8.42. The van der Waals surface area contributed by atoms with Crippen LogP contribution < -0.4 is 20.8 Å². The molecule has 0 saturated carbocycles. The van der Waals surface area contributed by atoms with Gasteiger partial charge in [0.2, 0.25) is 17.7 Å². The van der Waals surface area contributed by atoms with Crippen molar-refractivity contribution in [1.29, 1.82) is 5.26 Å². The maximum atomic E-state index is 15.3. The highest BCUT2D eigenvalue weighted by Gasteiger charge is 2.45. The summed E-state index contributed by atoms with van der Waals surface area (Å²) in [5.41, 5.74) is 1.77. The number of aromatic nitrogens is 4. The Morgan fingerprint density at radius 3 is 2.53 bits per heavy atom. The number of amides is 3. The first-order valence-corrected chi connectivity index (χ1v) is 24.4.